The average Bonchev–Trinajstić information content (AvgIpc) is 3.13. The van der Waals surface area contributed by atoms with Crippen molar-refractivity contribution in [1.29, 1.82) is 0 Å². The number of hydrogen-bond donors (Lipinski definition) is 1. The molecule has 0 saturated carbocycles. The Kier molecular flexibility index (Phi) is 6.15. The monoisotopic (exact) mass is 430 g/mol. The predicted octanol–water partition coefficient (Wildman–Crippen LogP) is 2.68. The van der Waals surface area contributed by atoms with Crippen LogP contribution in [-0.2, 0) is 22.6 Å². The van der Waals surface area contributed by atoms with Crippen molar-refractivity contribution in [3.05, 3.63) is 40.7 Å². The van der Waals surface area contributed by atoms with Crippen molar-refractivity contribution in [1.82, 2.24) is 20.1 Å². The number of piperazine rings is 1. The van der Waals surface area contributed by atoms with Crippen molar-refractivity contribution in [3.8, 4) is 10.6 Å². The van der Waals surface area contributed by atoms with Crippen molar-refractivity contribution in [3.63, 3.8) is 0 Å². The Balaban J connectivity index is 1.45. The van der Waals surface area contributed by atoms with Gasteiger partial charge in [0.2, 0.25) is 11.8 Å². The minimum Gasteiger partial charge on any atom is -0.353 e. The van der Waals surface area contributed by atoms with Crippen LogP contribution in [0.2, 0.25) is 0 Å². The van der Waals surface area contributed by atoms with E-state index in [1.54, 1.807) is 6.07 Å². The first-order valence-electron chi connectivity index (χ1n) is 10.4. The molecule has 2 amide bonds. The van der Waals surface area contributed by atoms with Crippen LogP contribution in [0.5, 0.6) is 0 Å². The van der Waals surface area contributed by atoms with Crippen molar-refractivity contribution in [2.45, 2.75) is 39.3 Å². The maximum absolute atomic E-state index is 13.6. The first kappa shape index (κ1) is 20.9. The van der Waals surface area contributed by atoms with Crippen LogP contribution >= 0.6 is 11.3 Å². The van der Waals surface area contributed by atoms with E-state index in [1.807, 2.05) is 11.0 Å². The zero-order valence-corrected chi connectivity index (χ0v) is 18.2. The van der Waals surface area contributed by atoms with E-state index in [2.05, 4.69) is 29.0 Å². The van der Waals surface area contributed by atoms with Gasteiger partial charge in [-0.15, -0.1) is 11.3 Å². The summed E-state index contributed by atoms with van der Waals surface area (Å²) in [6, 6.07) is 6.03. The summed E-state index contributed by atoms with van der Waals surface area (Å²) in [5, 5.41) is 3.68. The number of hydrogen-bond acceptors (Lipinski definition) is 5. The molecule has 1 unspecified atom stereocenters. The van der Waals surface area contributed by atoms with Crippen LogP contribution in [0.25, 0.3) is 10.6 Å². The Morgan fingerprint density at radius 3 is 2.97 bits per heavy atom. The summed E-state index contributed by atoms with van der Waals surface area (Å²) in [7, 11) is 0. The minimum absolute atomic E-state index is 0.00263. The Morgan fingerprint density at radius 1 is 1.37 bits per heavy atom. The lowest BCUT2D eigenvalue weighted by atomic mass is 10.0. The van der Waals surface area contributed by atoms with Crippen molar-refractivity contribution in [2.75, 3.05) is 26.2 Å². The van der Waals surface area contributed by atoms with Gasteiger partial charge in [0, 0.05) is 43.0 Å². The molecule has 0 aliphatic carbocycles. The topological polar surface area (TPSA) is 65.5 Å². The van der Waals surface area contributed by atoms with Crippen LogP contribution in [-0.4, -0.2) is 58.8 Å². The molecule has 2 aromatic rings. The van der Waals surface area contributed by atoms with Gasteiger partial charge in [0.15, 0.2) is 0 Å². The van der Waals surface area contributed by atoms with Crippen LogP contribution in [0.3, 0.4) is 0 Å². The number of thiazole rings is 1. The molecule has 6 nitrogen and oxygen atoms in total. The number of benzene rings is 1. The first-order valence-corrected chi connectivity index (χ1v) is 11.3. The SMILES string of the molecule is CC(C)CN1CCNC(=O)C1CC(=O)N1CCc2nc(-c3cccc(F)c3)sc2C1. The van der Waals surface area contributed by atoms with Crippen LogP contribution in [0.1, 0.15) is 30.8 Å². The summed E-state index contributed by atoms with van der Waals surface area (Å²) in [4.78, 5) is 35.1. The summed E-state index contributed by atoms with van der Waals surface area (Å²) in [6.45, 7) is 7.55. The number of carbonyl (C=O) groups is 2. The smallest absolute Gasteiger partial charge is 0.237 e. The maximum Gasteiger partial charge on any atom is 0.237 e. The van der Waals surface area contributed by atoms with Gasteiger partial charge in [0.25, 0.3) is 0 Å². The summed E-state index contributed by atoms with van der Waals surface area (Å²) in [5.41, 5.74) is 1.75. The second-order valence-corrected chi connectivity index (χ2v) is 9.45. The second-order valence-electron chi connectivity index (χ2n) is 8.36. The Morgan fingerprint density at radius 2 is 2.20 bits per heavy atom. The molecule has 0 bridgehead atoms. The molecule has 2 aliphatic heterocycles. The van der Waals surface area contributed by atoms with Gasteiger partial charge in [-0.1, -0.05) is 26.0 Å². The summed E-state index contributed by atoms with van der Waals surface area (Å²) < 4.78 is 13.6. The van der Waals surface area contributed by atoms with E-state index in [0.717, 1.165) is 34.2 Å². The normalized spacial score (nSPS) is 19.7. The predicted molar refractivity (Wildman–Crippen MR) is 114 cm³/mol. The van der Waals surface area contributed by atoms with Gasteiger partial charge in [0.1, 0.15) is 10.8 Å². The average molecular weight is 431 g/mol. The van der Waals surface area contributed by atoms with Crippen molar-refractivity contribution in [2.24, 2.45) is 5.92 Å². The van der Waals surface area contributed by atoms with Crippen molar-refractivity contribution >= 4 is 23.2 Å². The Labute approximate surface area is 180 Å². The minimum atomic E-state index is -0.403. The standard InChI is InChI=1S/C22H27FN4O2S/c1-14(2)12-26-9-7-24-21(29)18(26)11-20(28)27-8-6-17-19(13-27)30-22(25-17)15-4-3-5-16(23)10-15/h3-5,10,14,18H,6-9,11-13H2,1-2H3,(H,24,29). The molecular formula is C22H27FN4O2S. The number of carbonyl (C=O) groups excluding carboxylic acids is 2. The molecule has 0 radical (unpaired) electrons. The van der Waals surface area contributed by atoms with E-state index in [1.165, 1.54) is 23.5 Å². The highest BCUT2D eigenvalue weighted by atomic mass is 32.1. The molecule has 3 heterocycles. The largest absolute Gasteiger partial charge is 0.353 e. The third kappa shape index (κ3) is 4.54. The van der Waals surface area contributed by atoms with E-state index in [9.17, 15) is 14.0 Å². The van der Waals surface area contributed by atoms with E-state index < -0.39 is 6.04 Å². The van der Waals surface area contributed by atoms with Crippen LogP contribution in [0, 0.1) is 11.7 Å². The zero-order chi connectivity index (χ0) is 21.3. The molecule has 30 heavy (non-hydrogen) atoms. The van der Waals surface area contributed by atoms with Crippen LogP contribution < -0.4 is 5.32 Å². The lowest BCUT2D eigenvalue weighted by Crippen LogP contribution is -2.57. The molecule has 2 aliphatic rings. The van der Waals surface area contributed by atoms with E-state index in [-0.39, 0.29) is 24.1 Å². The third-order valence-corrected chi connectivity index (χ3v) is 6.70. The zero-order valence-electron chi connectivity index (χ0n) is 17.4. The van der Waals surface area contributed by atoms with Gasteiger partial charge in [-0.2, -0.15) is 0 Å². The fraction of sp³-hybridized carbons (Fsp3) is 0.500. The second kappa shape index (κ2) is 8.81. The molecule has 1 fully saturated rings. The molecule has 1 N–H and O–H groups in total. The van der Waals surface area contributed by atoms with Crippen LogP contribution in [0.4, 0.5) is 4.39 Å². The third-order valence-electron chi connectivity index (χ3n) is 5.56. The highest BCUT2D eigenvalue weighted by Crippen LogP contribution is 2.32. The highest BCUT2D eigenvalue weighted by molar-refractivity contribution is 7.15. The van der Waals surface area contributed by atoms with Crippen LogP contribution in [0.15, 0.2) is 24.3 Å². The number of halogens is 1. The Bertz CT molecular complexity index is 945. The number of rotatable bonds is 5. The van der Waals surface area contributed by atoms with E-state index in [0.29, 0.717) is 32.0 Å². The van der Waals surface area contributed by atoms with Gasteiger partial charge in [-0.25, -0.2) is 9.37 Å². The van der Waals surface area contributed by atoms with Gasteiger partial charge < -0.3 is 10.2 Å². The number of nitrogens with one attached hydrogen (secondary N) is 1. The molecule has 1 atom stereocenters. The van der Waals surface area contributed by atoms with E-state index >= 15 is 0 Å². The molecule has 1 aromatic carbocycles. The highest BCUT2D eigenvalue weighted by Gasteiger charge is 2.34. The molecular weight excluding hydrogens is 403 g/mol. The molecule has 1 aromatic heterocycles. The molecule has 4 rings (SSSR count). The summed E-state index contributed by atoms with van der Waals surface area (Å²) in [5.74, 6) is 0.0926. The quantitative estimate of drug-likeness (QED) is 0.792. The van der Waals surface area contributed by atoms with Gasteiger partial charge >= 0.3 is 0 Å². The number of nitrogens with zero attached hydrogens (tertiary/aromatic N) is 3. The summed E-state index contributed by atoms with van der Waals surface area (Å²) >= 11 is 1.51. The molecule has 0 spiro atoms. The maximum atomic E-state index is 13.6. The Hall–Kier alpha value is -2.32. The first-order chi connectivity index (χ1) is 14.4. The van der Waals surface area contributed by atoms with Gasteiger partial charge in [0.05, 0.1) is 24.7 Å². The number of amides is 2. The van der Waals surface area contributed by atoms with Crippen molar-refractivity contribution < 1.29 is 14.0 Å². The summed E-state index contributed by atoms with van der Waals surface area (Å²) in [6.07, 6.45) is 0.878. The van der Waals surface area contributed by atoms with Gasteiger partial charge in [-0.3, -0.25) is 14.5 Å². The number of aromatic nitrogens is 1. The lowest BCUT2D eigenvalue weighted by Gasteiger charge is -2.37. The fourth-order valence-electron chi connectivity index (χ4n) is 4.12. The van der Waals surface area contributed by atoms with E-state index in [4.69, 9.17) is 0 Å². The van der Waals surface area contributed by atoms with Gasteiger partial charge in [-0.05, 0) is 18.1 Å². The fourth-order valence-corrected chi connectivity index (χ4v) is 5.24. The molecule has 8 heteroatoms. The number of fused-ring (bicyclic) bond motifs is 1. The lowest BCUT2D eigenvalue weighted by molar-refractivity contribution is -0.139. The molecule has 1 saturated heterocycles. The molecule has 160 valence electrons.